The van der Waals surface area contributed by atoms with E-state index in [1.54, 1.807) is 0 Å². The minimum atomic E-state index is 0. The van der Waals surface area contributed by atoms with E-state index in [2.05, 4.69) is 40.2 Å². The Hall–Kier alpha value is -0.220. The molecule has 20 heavy (non-hydrogen) atoms. The Balaban J connectivity index is 0.000001000. The zero-order valence-corrected chi connectivity index (χ0v) is 13.9. The Labute approximate surface area is 134 Å². The van der Waals surface area contributed by atoms with Crippen LogP contribution in [0.1, 0.15) is 37.4 Å². The summed E-state index contributed by atoms with van der Waals surface area (Å²) in [6.07, 6.45) is 7.88. The van der Waals surface area contributed by atoms with Crippen molar-refractivity contribution in [1.82, 2.24) is 14.8 Å². The number of aromatic nitrogens is 1. The molecule has 3 nitrogen and oxygen atoms in total. The van der Waals surface area contributed by atoms with Gasteiger partial charge in [-0.1, -0.05) is 12.8 Å². The highest BCUT2D eigenvalue weighted by Gasteiger charge is 2.32. The molecule has 2 fully saturated rings. The molecule has 0 unspecified atom stereocenters. The summed E-state index contributed by atoms with van der Waals surface area (Å²) < 4.78 is 2.32. The van der Waals surface area contributed by atoms with Crippen molar-refractivity contribution in [2.45, 2.75) is 31.7 Å². The fraction of sp³-hybridized carbons (Fsp3) is 0.733. The van der Waals surface area contributed by atoms with Gasteiger partial charge in [-0.05, 0) is 30.9 Å². The molecule has 1 saturated carbocycles. The maximum atomic E-state index is 3.47. The van der Waals surface area contributed by atoms with Crippen LogP contribution in [0, 0.1) is 5.92 Å². The van der Waals surface area contributed by atoms with E-state index < -0.39 is 0 Å². The third-order valence-corrected chi connectivity index (χ3v) is 4.68. The number of halogens is 2. The van der Waals surface area contributed by atoms with E-state index in [1.807, 2.05) is 0 Å². The van der Waals surface area contributed by atoms with E-state index in [4.69, 9.17) is 0 Å². The van der Waals surface area contributed by atoms with E-state index in [9.17, 15) is 0 Å². The van der Waals surface area contributed by atoms with Gasteiger partial charge in [-0.3, -0.25) is 4.90 Å². The Morgan fingerprint density at radius 3 is 2.35 bits per heavy atom. The number of nitrogens with one attached hydrogen (secondary N) is 1. The fourth-order valence-electron chi connectivity index (χ4n) is 3.74. The van der Waals surface area contributed by atoms with Crippen molar-refractivity contribution >= 4 is 24.8 Å². The molecule has 1 N–H and O–H groups in total. The number of hydrogen-bond acceptors (Lipinski definition) is 2. The van der Waals surface area contributed by atoms with E-state index in [0.29, 0.717) is 6.04 Å². The number of hydrogen-bond donors (Lipinski definition) is 1. The van der Waals surface area contributed by atoms with Crippen molar-refractivity contribution in [3.63, 3.8) is 0 Å². The lowest BCUT2D eigenvalue weighted by molar-refractivity contribution is 0.120. The average molecular weight is 320 g/mol. The van der Waals surface area contributed by atoms with Crippen molar-refractivity contribution in [2.75, 3.05) is 26.2 Å². The van der Waals surface area contributed by atoms with Gasteiger partial charge in [0.25, 0.3) is 0 Å². The normalized spacial score (nSPS) is 22.1. The predicted molar refractivity (Wildman–Crippen MR) is 89.1 cm³/mol. The largest absolute Gasteiger partial charge is 0.353 e. The Morgan fingerprint density at radius 2 is 1.80 bits per heavy atom. The molecule has 1 aromatic rings. The summed E-state index contributed by atoms with van der Waals surface area (Å²) in [6.45, 7) is 4.69. The average Bonchev–Trinajstić information content (AvgIpc) is 3.05. The standard InChI is InChI=1S/C15H25N3.2ClH/c1-17-10-4-7-14(17)15(13-5-2-3-6-13)18-11-8-16-9-12-18;;/h4,7,10,13,15-16H,2-3,5-6,8-9,11-12H2,1H3;2*1H/t15-;;/m0../s1. The van der Waals surface area contributed by atoms with Gasteiger partial charge in [0, 0.05) is 45.1 Å². The Morgan fingerprint density at radius 1 is 1.15 bits per heavy atom. The summed E-state index contributed by atoms with van der Waals surface area (Å²) in [5.74, 6) is 0.872. The van der Waals surface area contributed by atoms with Gasteiger partial charge in [0.2, 0.25) is 0 Å². The Bertz CT molecular complexity index is 382. The number of aryl methyl sites for hydroxylation is 1. The van der Waals surface area contributed by atoms with Crippen LogP contribution in [0.2, 0.25) is 0 Å². The summed E-state index contributed by atoms with van der Waals surface area (Å²) in [4.78, 5) is 2.71. The van der Waals surface area contributed by atoms with Crippen molar-refractivity contribution in [2.24, 2.45) is 13.0 Å². The van der Waals surface area contributed by atoms with Gasteiger partial charge >= 0.3 is 0 Å². The smallest absolute Gasteiger partial charge is 0.0529 e. The van der Waals surface area contributed by atoms with Crippen molar-refractivity contribution in [3.8, 4) is 0 Å². The van der Waals surface area contributed by atoms with Crippen LogP contribution in [0.3, 0.4) is 0 Å². The molecule has 1 saturated heterocycles. The van der Waals surface area contributed by atoms with E-state index >= 15 is 0 Å². The maximum absolute atomic E-state index is 3.47. The quantitative estimate of drug-likeness (QED) is 0.924. The highest BCUT2D eigenvalue weighted by atomic mass is 35.5. The lowest BCUT2D eigenvalue weighted by atomic mass is 9.93. The molecular formula is C15H27Cl2N3. The summed E-state index contributed by atoms with van der Waals surface area (Å²) in [5.41, 5.74) is 1.52. The zero-order valence-electron chi connectivity index (χ0n) is 12.3. The van der Waals surface area contributed by atoms with Crippen LogP contribution in [0.15, 0.2) is 18.3 Å². The maximum Gasteiger partial charge on any atom is 0.0529 e. The Kier molecular flexibility index (Phi) is 7.38. The predicted octanol–water partition coefficient (Wildman–Crippen LogP) is 3.01. The van der Waals surface area contributed by atoms with E-state index in [1.165, 1.54) is 44.5 Å². The molecule has 1 atom stereocenters. The van der Waals surface area contributed by atoms with E-state index in [-0.39, 0.29) is 24.8 Å². The van der Waals surface area contributed by atoms with Crippen LogP contribution in [0.4, 0.5) is 0 Å². The highest BCUT2D eigenvalue weighted by Crippen LogP contribution is 2.39. The lowest BCUT2D eigenvalue weighted by Crippen LogP contribution is -2.47. The molecule has 2 heterocycles. The first-order valence-electron chi connectivity index (χ1n) is 7.42. The van der Waals surface area contributed by atoms with E-state index in [0.717, 1.165) is 19.0 Å². The van der Waals surface area contributed by atoms with Gasteiger partial charge in [0.05, 0.1) is 6.04 Å². The van der Waals surface area contributed by atoms with Gasteiger partial charge in [0.15, 0.2) is 0 Å². The monoisotopic (exact) mass is 319 g/mol. The van der Waals surface area contributed by atoms with Gasteiger partial charge in [-0.25, -0.2) is 0 Å². The molecule has 0 amide bonds. The zero-order chi connectivity index (χ0) is 12.4. The first-order valence-corrected chi connectivity index (χ1v) is 7.42. The molecule has 116 valence electrons. The summed E-state index contributed by atoms with van der Waals surface area (Å²) in [5, 5.41) is 3.47. The molecule has 0 aromatic carbocycles. The van der Waals surface area contributed by atoms with Crippen molar-refractivity contribution in [1.29, 1.82) is 0 Å². The minimum Gasteiger partial charge on any atom is -0.353 e. The lowest BCUT2D eigenvalue weighted by Gasteiger charge is -2.38. The number of nitrogens with zero attached hydrogens (tertiary/aromatic N) is 2. The summed E-state index contributed by atoms with van der Waals surface area (Å²) in [7, 11) is 2.19. The van der Waals surface area contributed by atoms with Gasteiger partial charge in [-0.15, -0.1) is 24.8 Å². The third kappa shape index (κ3) is 3.70. The first kappa shape index (κ1) is 17.8. The molecule has 5 heteroatoms. The van der Waals surface area contributed by atoms with Crippen LogP contribution in [0.5, 0.6) is 0 Å². The summed E-state index contributed by atoms with van der Waals surface area (Å²) in [6, 6.07) is 5.17. The van der Waals surface area contributed by atoms with Crippen LogP contribution in [0.25, 0.3) is 0 Å². The van der Waals surface area contributed by atoms with Gasteiger partial charge in [-0.2, -0.15) is 0 Å². The fourth-order valence-corrected chi connectivity index (χ4v) is 3.74. The van der Waals surface area contributed by atoms with Crippen LogP contribution in [-0.4, -0.2) is 35.6 Å². The molecule has 0 radical (unpaired) electrons. The first-order chi connectivity index (χ1) is 8.86. The molecule has 1 aromatic heterocycles. The van der Waals surface area contributed by atoms with Gasteiger partial charge in [0.1, 0.15) is 0 Å². The molecule has 0 bridgehead atoms. The van der Waals surface area contributed by atoms with Crippen molar-refractivity contribution in [3.05, 3.63) is 24.0 Å². The number of piperazine rings is 1. The third-order valence-electron chi connectivity index (χ3n) is 4.68. The van der Waals surface area contributed by atoms with Gasteiger partial charge < -0.3 is 9.88 Å². The molecule has 1 aliphatic carbocycles. The van der Waals surface area contributed by atoms with Crippen molar-refractivity contribution < 1.29 is 0 Å². The van der Waals surface area contributed by atoms with Crippen LogP contribution >= 0.6 is 24.8 Å². The molecular weight excluding hydrogens is 293 g/mol. The summed E-state index contributed by atoms with van der Waals surface area (Å²) >= 11 is 0. The molecule has 2 aliphatic rings. The van der Waals surface area contributed by atoms with Crippen LogP contribution in [-0.2, 0) is 7.05 Å². The second-order valence-electron chi connectivity index (χ2n) is 5.82. The second kappa shape index (κ2) is 8.28. The highest BCUT2D eigenvalue weighted by molar-refractivity contribution is 5.85. The van der Waals surface area contributed by atoms with Crippen LogP contribution < -0.4 is 5.32 Å². The minimum absolute atomic E-state index is 0. The second-order valence-corrected chi connectivity index (χ2v) is 5.82. The molecule has 1 aliphatic heterocycles. The molecule has 0 spiro atoms. The molecule has 3 rings (SSSR count). The topological polar surface area (TPSA) is 20.2 Å². The SMILES string of the molecule is Cl.Cl.Cn1cccc1[C@H](C1CCCC1)N1CCNCC1. The number of rotatable bonds is 3.